The highest BCUT2D eigenvalue weighted by molar-refractivity contribution is 5.18. The molecule has 2 atom stereocenters. The van der Waals surface area contributed by atoms with E-state index in [9.17, 15) is 0 Å². The summed E-state index contributed by atoms with van der Waals surface area (Å²) >= 11 is 0. The Morgan fingerprint density at radius 3 is 2.62 bits per heavy atom. The zero-order chi connectivity index (χ0) is 14.8. The molecule has 5 nitrogen and oxygen atoms in total. The average Bonchev–Trinajstić information content (AvgIpc) is 2.80. The van der Waals surface area contributed by atoms with Crippen molar-refractivity contribution in [1.29, 1.82) is 0 Å². The van der Waals surface area contributed by atoms with Gasteiger partial charge in [0.25, 0.3) is 0 Å². The van der Waals surface area contributed by atoms with Crippen molar-refractivity contribution in [3.63, 3.8) is 0 Å². The third kappa shape index (κ3) is 3.14. The van der Waals surface area contributed by atoms with E-state index < -0.39 is 0 Å². The molecule has 0 radical (unpaired) electrons. The van der Waals surface area contributed by atoms with E-state index in [0.717, 1.165) is 31.3 Å². The highest BCUT2D eigenvalue weighted by Crippen LogP contribution is 2.25. The predicted molar refractivity (Wildman–Crippen MR) is 80.7 cm³/mol. The van der Waals surface area contributed by atoms with E-state index in [1.54, 1.807) is 0 Å². The zero-order valence-electron chi connectivity index (χ0n) is 12.9. The van der Waals surface area contributed by atoms with Crippen LogP contribution in [0.15, 0.2) is 30.3 Å². The van der Waals surface area contributed by atoms with Crippen molar-refractivity contribution >= 4 is 0 Å². The monoisotopic (exact) mass is 286 g/mol. The maximum atomic E-state index is 6.09. The van der Waals surface area contributed by atoms with Crippen LogP contribution in [0.5, 0.6) is 0 Å². The predicted octanol–water partition coefficient (Wildman–Crippen LogP) is 2.09. The van der Waals surface area contributed by atoms with Gasteiger partial charge in [-0.25, -0.2) is 0 Å². The number of hydrogen-bond donors (Lipinski definition) is 0. The average molecular weight is 286 g/mol. The summed E-state index contributed by atoms with van der Waals surface area (Å²) in [5.41, 5.74) is 1.24. The Morgan fingerprint density at radius 1 is 1.19 bits per heavy atom. The second-order valence-electron chi connectivity index (χ2n) is 5.76. The molecule has 1 aromatic heterocycles. The van der Waals surface area contributed by atoms with Gasteiger partial charge in [-0.15, -0.1) is 10.2 Å². The molecular formula is C16H22N4O. The quantitative estimate of drug-likeness (QED) is 0.866. The summed E-state index contributed by atoms with van der Waals surface area (Å²) in [5, 5.41) is 8.40. The van der Waals surface area contributed by atoms with Crippen LogP contribution < -0.4 is 0 Å². The van der Waals surface area contributed by atoms with Crippen molar-refractivity contribution < 1.29 is 4.74 Å². The maximum Gasteiger partial charge on any atom is 0.146 e. The van der Waals surface area contributed by atoms with Crippen molar-refractivity contribution in [3.8, 4) is 0 Å². The normalized spacial score (nSPS) is 23.4. The van der Waals surface area contributed by atoms with E-state index in [0.29, 0.717) is 0 Å². The number of ether oxygens (including phenoxy) is 1. The lowest BCUT2D eigenvalue weighted by Gasteiger charge is -2.36. The van der Waals surface area contributed by atoms with Crippen LogP contribution in [0.3, 0.4) is 0 Å². The Bertz CT molecular complexity index is 596. The van der Waals surface area contributed by atoms with Gasteiger partial charge in [-0.05, 0) is 19.4 Å². The summed E-state index contributed by atoms with van der Waals surface area (Å²) in [6, 6.07) is 10.4. The van der Waals surface area contributed by atoms with Gasteiger partial charge in [-0.2, -0.15) is 0 Å². The summed E-state index contributed by atoms with van der Waals surface area (Å²) in [7, 11) is 2.02. The molecule has 5 heteroatoms. The summed E-state index contributed by atoms with van der Waals surface area (Å²) in [5.74, 6) is 1.96. The van der Waals surface area contributed by atoms with Gasteiger partial charge in [-0.1, -0.05) is 30.3 Å². The van der Waals surface area contributed by atoms with Gasteiger partial charge in [0.15, 0.2) is 0 Å². The highest BCUT2D eigenvalue weighted by Gasteiger charge is 2.27. The lowest BCUT2D eigenvalue weighted by Crippen LogP contribution is -2.42. The molecule has 112 valence electrons. The topological polar surface area (TPSA) is 43.2 Å². The van der Waals surface area contributed by atoms with E-state index >= 15 is 0 Å². The zero-order valence-corrected chi connectivity index (χ0v) is 12.9. The van der Waals surface area contributed by atoms with Gasteiger partial charge in [0.05, 0.1) is 18.8 Å². The fraction of sp³-hybridized carbons (Fsp3) is 0.500. The van der Waals surface area contributed by atoms with E-state index in [4.69, 9.17) is 4.74 Å². The fourth-order valence-electron chi connectivity index (χ4n) is 2.81. The first-order valence-electron chi connectivity index (χ1n) is 7.41. The summed E-state index contributed by atoms with van der Waals surface area (Å²) in [6.45, 7) is 6.74. The minimum absolute atomic E-state index is 0.129. The van der Waals surface area contributed by atoms with Gasteiger partial charge in [0.2, 0.25) is 0 Å². The molecule has 0 spiro atoms. The molecule has 0 amide bonds. The van der Waals surface area contributed by atoms with Crippen LogP contribution in [0.1, 0.15) is 30.2 Å². The molecule has 0 unspecified atom stereocenters. The van der Waals surface area contributed by atoms with Gasteiger partial charge >= 0.3 is 0 Å². The van der Waals surface area contributed by atoms with E-state index in [1.165, 1.54) is 5.56 Å². The summed E-state index contributed by atoms with van der Waals surface area (Å²) < 4.78 is 8.14. The molecule has 2 heterocycles. The summed E-state index contributed by atoms with van der Waals surface area (Å²) in [6.07, 6.45) is 0.350. The van der Waals surface area contributed by atoms with Crippen molar-refractivity contribution in [2.24, 2.45) is 7.05 Å². The van der Waals surface area contributed by atoms with E-state index in [1.807, 2.05) is 20.0 Å². The molecule has 1 aliphatic heterocycles. The lowest BCUT2D eigenvalue weighted by atomic mass is 10.1. The van der Waals surface area contributed by atoms with Gasteiger partial charge in [-0.3, -0.25) is 4.90 Å². The molecule has 1 aromatic carbocycles. The fourth-order valence-corrected chi connectivity index (χ4v) is 2.81. The molecule has 0 bridgehead atoms. The number of hydrogen-bond acceptors (Lipinski definition) is 4. The number of benzene rings is 1. The van der Waals surface area contributed by atoms with Crippen LogP contribution in [-0.2, 0) is 18.3 Å². The largest absolute Gasteiger partial charge is 0.368 e. The van der Waals surface area contributed by atoms with Gasteiger partial charge in [0, 0.05) is 20.1 Å². The number of aromatic nitrogens is 3. The molecule has 3 rings (SSSR count). The molecule has 21 heavy (non-hydrogen) atoms. The number of morpholine rings is 1. The molecular weight excluding hydrogens is 264 g/mol. The lowest BCUT2D eigenvalue weighted by molar-refractivity contribution is -0.0821. The number of rotatable bonds is 3. The number of aryl methyl sites for hydroxylation is 1. The van der Waals surface area contributed by atoms with Crippen LogP contribution >= 0.6 is 0 Å². The standard InChI is InChI=1S/C16H22N4O/c1-12-9-20(11-16-18-17-13(2)19(16)3)10-15(21-12)14-7-5-4-6-8-14/h4-8,12,15H,9-11H2,1-3H3/t12-,15+/m0/s1. The van der Waals surface area contributed by atoms with Gasteiger partial charge in [0.1, 0.15) is 11.6 Å². The van der Waals surface area contributed by atoms with E-state index in [-0.39, 0.29) is 12.2 Å². The van der Waals surface area contributed by atoms with Gasteiger partial charge < -0.3 is 9.30 Å². The Kier molecular flexibility index (Phi) is 4.03. The van der Waals surface area contributed by atoms with Crippen molar-refractivity contribution in [1.82, 2.24) is 19.7 Å². The molecule has 1 saturated heterocycles. The van der Waals surface area contributed by atoms with Crippen molar-refractivity contribution in [2.75, 3.05) is 13.1 Å². The van der Waals surface area contributed by atoms with Crippen molar-refractivity contribution in [3.05, 3.63) is 47.5 Å². The highest BCUT2D eigenvalue weighted by atomic mass is 16.5. The van der Waals surface area contributed by atoms with Crippen LogP contribution in [0.2, 0.25) is 0 Å². The van der Waals surface area contributed by atoms with Crippen LogP contribution in [0.4, 0.5) is 0 Å². The first kappa shape index (κ1) is 14.2. The minimum Gasteiger partial charge on any atom is -0.368 e. The minimum atomic E-state index is 0.129. The SMILES string of the molecule is Cc1nnc(CN2C[C@H](C)O[C@@H](c3ccccc3)C2)n1C. The van der Waals surface area contributed by atoms with E-state index in [2.05, 4.69) is 50.9 Å². The first-order chi connectivity index (χ1) is 10.1. The molecule has 0 saturated carbocycles. The van der Waals surface area contributed by atoms with Crippen LogP contribution in [-0.4, -0.2) is 38.9 Å². The third-order valence-electron chi connectivity index (χ3n) is 4.06. The first-order valence-corrected chi connectivity index (χ1v) is 7.41. The molecule has 0 aliphatic carbocycles. The van der Waals surface area contributed by atoms with Crippen molar-refractivity contribution in [2.45, 2.75) is 32.6 Å². The maximum absolute atomic E-state index is 6.09. The second-order valence-corrected chi connectivity index (χ2v) is 5.76. The Labute approximate surface area is 125 Å². The molecule has 0 N–H and O–H groups in total. The Hall–Kier alpha value is -1.72. The molecule has 1 fully saturated rings. The van der Waals surface area contributed by atoms with Crippen LogP contribution in [0, 0.1) is 6.92 Å². The second kappa shape index (κ2) is 5.95. The van der Waals surface area contributed by atoms with Crippen LogP contribution in [0.25, 0.3) is 0 Å². The Balaban J connectivity index is 1.73. The third-order valence-corrected chi connectivity index (χ3v) is 4.06. The molecule has 1 aliphatic rings. The Morgan fingerprint density at radius 2 is 1.95 bits per heavy atom. The summed E-state index contributed by atoms with van der Waals surface area (Å²) in [4.78, 5) is 2.40. The molecule has 2 aromatic rings. The smallest absolute Gasteiger partial charge is 0.146 e. The number of nitrogens with zero attached hydrogens (tertiary/aromatic N) is 4.